The summed E-state index contributed by atoms with van der Waals surface area (Å²) in [6.45, 7) is 0. The molecule has 1 N–H and O–H groups in total. The molecular weight excluding hydrogens is 283 g/mol. The maximum Gasteiger partial charge on any atom is 0.522 e. The fourth-order valence-electron chi connectivity index (χ4n) is 1.04. The third kappa shape index (κ3) is 3.61. The van der Waals surface area contributed by atoms with Crippen LogP contribution in [0.25, 0.3) is 0 Å². The summed E-state index contributed by atoms with van der Waals surface area (Å²) in [5, 5.41) is 0.475. The number of hydrogen-bond acceptors (Lipinski definition) is 4. The van der Waals surface area contributed by atoms with Crippen molar-refractivity contribution in [3.63, 3.8) is 0 Å². The molecule has 10 heteroatoms. The summed E-state index contributed by atoms with van der Waals surface area (Å²) in [6, 6.07) is 0. The molecule has 0 aromatic rings. The molecule has 98 valence electrons. The van der Waals surface area contributed by atoms with E-state index in [2.05, 4.69) is 0 Å². The lowest BCUT2D eigenvalue weighted by atomic mass is 10.2. The van der Waals surface area contributed by atoms with Gasteiger partial charge in [-0.05, 0) is 0 Å². The summed E-state index contributed by atoms with van der Waals surface area (Å²) in [7, 11) is -5.84. The second kappa shape index (κ2) is 4.86. The van der Waals surface area contributed by atoms with Gasteiger partial charge < -0.3 is 4.90 Å². The summed E-state index contributed by atoms with van der Waals surface area (Å²) >= 11 is 1.84. The first-order valence-corrected chi connectivity index (χ1v) is 6.75. The van der Waals surface area contributed by atoms with Gasteiger partial charge in [0.25, 0.3) is 0 Å². The Hall–Kier alpha value is -0.740. The Morgan fingerprint density at radius 3 is 2.29 bits per heavy atom. The normalized spacial score (nSPS) is 23.4. The Balaban J connectivity index is 0.000000172. The van der Waals surface area contributed by atoms with Crippen molar-refractivity contribution in [3.05, 3.63) is 12.3 Å². The molecule has 2 aliphatic rings. The molecule has 2 rings (SSSR count). The van der Waals surface area contributed by atoms with Crippen LogP contribution >= 0.6 is 11.8 Å². The van der Waals surface area contributed by atoms with Crippen LogP contribution in [0, 0.1) is 0 Å². The van der Waals surface area contributed by atoms with Gasteiger partial charge in [0.05, 0.1) is 11.8 Å². The number of rotatable bonds is 0. The summed E-state index contributed by atoms with van der Waals surface area (Å²) in [6.07, 6.45) is 4.67. The Morgan fingerprint density at radius 1 is 1.47 bits per heavy atom. The molecule has 0 bridgehead atoms. The summed E-state index contributed by atoms with van der Waals surface area (Å²) in [5.41, 5.74) is -5.53. The maximum absolute atomic E-state index is 10.7. The minimum absolute atomic E-state index is 0.267. The zero-order valence-electron chi connectivity index (χ0n) is 8.22. The molecule has 0 aromatic carbocycles. The van der Waals surface area contributed by atoms with Crippen molar-refractivity contribution in [2.75, 3.05) is 5.75 Å². The number of nitrogens with zero attached hydrogens (tertiary/aromatic N) is 1. The highest BCUT2D eigenvalue weighted by atomic mass is 32.2. The average molecular weight is 291 g/mol. The van der Waals surface area contributed by atoms with E-state index in [0.717, 1.165) is 12.2 Å². The van der Waals surface area contributed by atoms with Crippen LogP contribution in [0.4, 0.5) is 13.2 Å². The number of halogens is 3. The highest BCUT2D eigenvalue weighted by Gasteiger charge is 2.44. The van der Waals surface area contributed by atoms with Crippen molar-refractivity contribution in [3.8, 4) is 0 Å². The van der Waals surface area contributed by atoms with Crippen molar-refractivity contribution in [1.82, 2.24) is 4.90 Å². The molecule has 1 saturated heterocycles. The second-order valence-corrected chi connectivity index (χ2v) is 5.72. The van der Waals surface area contributed by atoms with Crippen LogP contribution in [0.2, 0.25) is 0 Å². The molecule has 1 amide bonds. The first kappa shape index (κ1) is 14.3. The zero-order chi connectivity index (χ0) is 13.3. The van der Waals surface area contributed by atoms with E-state index in [1.807, 2.05) is 24.0 Å². The molecule has 0 unspecified atom stereocenters. The minimum atomic E-state index is -5.84. The molecule has 5 nitrogen and oxygen atoms in total. The fourth-order valence-corrected chi connectivity index (χ4v) is 2.07. The third-order valence-corrected chi connectivity index (χ3v) is 3.64. The van der Waals surface area contributed by atoms with E-state index in [1.165, 1.54) is 0 Å². The van der Waals surface area contributed by atoms with Gasteiger partial charge in [0, 0.05) is 12.0 Å². The highest BCUT2D eigenvalue weighted by Crippen LogP contribution is 2.32. The van der Waals surface area contributed by atoms with Crippen molar-refractivity contribution in [2.24, 2.45) is 0 Å². The Morgan fingerprint density at radius 2 is 2.00 bits per heavy atom. The first-order valence-electron chi connectivity index (χ1n) is 4.26. The third-order valence-electron chi connectivity index (χ3n) is 1.89. The smallest absolute Gasteiger partial charge is 0.306 e. The largest absolute Gasteiger partial charge is 0.522 e. The van der Waals surface area contributed by atoms with E-state index in [1.54, 1.807) is 4.90 Å². The standard InChI is InChI=1S/C6H7NOS.CHF3O3S/c8-5-4-6-7(5)2-1-3-9-6;2-1(3,4)8(5,6)7/h1-2,6H,3-4H2;(H,5,6,7)/t6-;/m0./s1. The molecule has 2 heterocycles. The van der Waals surface area contributed by atoms with Crippen LogP contribution < -0.4 is 0 Å². The van der Waals surface area contributed by atoms with Gasteiger partial charge in [-0.25, -0.2) is 0 Å². The van der Waals surface area contributed by atoms with Gasteiger partial charge in [-0.2, -0.15) is 21.6 Å². The quantitative estimate of drug-likeness (QED) is 0.412. The number of carbonyl (C=O) groups excluding carboxylic acids is 1. The van der Waals surface area contributed by atoms with Gasteiger partial charge >= 0.3 is 15.6 Å². The van der Waals surface area contributed by atoms with E-state index in [4.69, 9.17) is 13.0 Å². The Bertz CT molecular complexity index is 431. The monoisotopic (exact) mass is 291 g/mol. The maximum atomic E-state index is 10.7. The predicted molar refractivity (Wildman–Crippen MR) is 54.5 cm³/mol. The lowest BCUT2D eigenvalue weighted by Gasteiger charge is -2.39. The number of alkyl halides is 3. The molecule has 0 aliphatic carbocycles. The van der Waals surface area contributed by atoms with Gasteiger partial charge in [0.1, 0.15) is 0 Å². The Kier molecular flexibility index (Phi) is 4.10. The van der Waals surface area contributed by atoms with Crippen LogP contribution in [-0.2, 0) is 14.9 Å². The number of β-lactam (4-membered cyclic amide) rings is 1. The SMILES string of the molecule is O=C1C[C@@H]2SCC=CN12.O=S(=O)(O)C(F)(F)F. The number of carbonyl (C=O) groups is 1. The molecule has 0 saturated carbocycles. The minimum Gasteiger partial charge on any atom is -0.306 e. The molecule has 17 heavy (non-hydrogen) atoms. The molecular formula is C7H8F3NO4S2. The molecule has 1 fully saturated rings. The number of fused-ring (bicyclic) bond motifs is 1. The van der Waals surface area contributed by atoms with E-state index in [9.17, 15) is 18.0 Å². The Labute approximate surface area is 99.4 Å². The average Bonchev–Trinajstić information content (AvgIpc) is 2.14. The van der Waals surface area contributed by atoms with E-state index < -0.39 is 15.6 Å². The highest BCUT2D eigenvalue weighted by molar-refractivity contribution is 8.00. The molecule has 1 atom stereocenters. The molecule has 0 radical (unpaired) electrons. The summed E-state index contributed by atoms with van der Waals surface area (Å²) < 4.78 is 57.5. The van der Waals surface area contributed by atoms with Gasteiger partial charge in [0.2, 0.25) is 5.91 Å². The molecule has 2 aliphatic heterocycles. The van der Waals surface area contributed by atoms with Crippen LogP contribution in [0.15, 0.2) is 12.3 Å². The lowest BCUT2D eigenvalue weighted by molar-refractivity contribution is -0.137. The summed E-state index contributed by atoms with van der Waals surface area (Å²) in [5.74, 6) is 1.33. The molecule has 0 aromatic heterocycles. The summed E-state index contributed by atoms with van der Waals surface area (Å²) in [4.78, 5) is 12.5. The molecule has 0 spiro atoms. The zero-order valence-corrected chi connectivity index (χ0v) is 9.85. The fraction of sp³-hybridized carbons (Fsp3) is 0.571. The van der Waals surface area contributed by atoms with E-state index in [-0.39, 0.29) is 5.91 Å². The second-order valence-electron chi connectivity index (χ2n) is 3.10. The van der Waals surface area contributed by atoms with E-state index in [0.29, 0.717) is 5.37 Å². The van der Waals surface area contributed by atoms with Crippen LogP contribution in [0.5, 0.6) is 0 Å². The van der Waals surface area contributed by atoms with Gasteiger partial charge in [-0.15, -0.1) is 11.8 Å². The van der Waals surface area contributed by atoms with Gasteiger partial charge in [0.15, 0.2) is 0 Å². The number of hydrogen-bond donors (Lipinski definition) is 1. The number of thioether (sulfide) groups is 1. The van der Waals surface area contributed by atoms with Gasteiger partial charge in [-0.3, -0.25) is 9.35 Å². The lowest BCUT2D eigenvalue weighted by Crippen LogP contribution is -2.48. The van der Waals surface area contributed by atoms with E-state index >= 15 is 0 Å². The predicted octanol–water partition coefficient (Wildman–Crippen LogP) is 1.20. The number of amides is 1. The van der Waals surface area contributed by atoms with Crippen molar-refractivity contribution in [1.29, 1.82) is 0 Å². The van der Waals surface area contributed by atoms with Gasteiger partial charge in [-0.1, -0.05) is 6.08 Å². The van der Waals surface area contributed by atoms with Crippen LogP contribution in [0.3, 0.4) is 0 Å². The van der Waals surface area contributed by atoms with Crippen LogP contribution in [-0.4, -0.2) is 40.4 Å². The van der Waals surface area contributed by atoms with Crippen molar-refractivity contribution >= 4 is 27.8 Å². The van der Waals surface area contributed by atoms with Crippen molar-refractivity contribution in [2.45, 2.75) is 17.3 Å². The first-order chi connectivity index (χ1) is 7.63. The van der Waals surface area contributed by atoms with Crippen LogP contribution in [0.1, 0.15) is 6.42 Å². The topological polar surface area (TPSA) is 74.7 Å². The van der Waals surface area contributed by atoms with Crippen molar-refractivity contribution < 1.29 is 30.9 Å².